The van der Waals surface area contributed by atoms with Gasteiger partial charge in [0.15, 0.2) is 11.5 Å². The molecule has 1 atom stereocenters. The van der Waals surface area contributed by atoms with E-state index in [2.05, 4.69) is 23.0 Å². The van der Waals surface area contributed by atoms with E-state index in [0.29, 0.717) is 22.9 Å². The first kappa shape index (κ1) is 17.6. The summed E-state index contributed by atoms with van der Waals surface area (Å²) < 4.78 is 11.3. The normalized spacial score (nSPS) is 12.6. The van der Waals surface area contributed by atoms with E-state index in [1.165, 1.54) is 0 Å². The molecule has 5 nitrogen and oxygen atoms in total. The topological polar surface area (TPSA) is 70.9 Å². The lowest BCUT2D eigenvalue weighted by Gasteiger charge is -2.15. The molecule has 0 aliphatic carbocycles. The highest BCUT2D eigenvalue weighted by atomic mass is 16.5. The van der Waals surface area contributed by atoms with E-state index in [-0.39, 0.29) is 6.10 Å². The quantitative estimate of drug-likeness (QED) is 0.649. The van der Waals surface area contributed by atoms with Crippen LogP contribution in [-0.4, -0.2) is 23.2 Å². The fourth-order valence-electron chi connectivity index (χ4n) is 2.57. The molecule has 26 heavy (non-hydrogen) atoms. The van der Waals surface area contributed by atoms with Gasteiger partial charge in [-0.3, -0.25) is 0 Å². The molecule has 1 heterocycles. The number of para-hydroxylation sites is 2. The molecule has 1 aromatic heterocycles. The van der Waals surface area contributed by atoms with E-state index in [4.69, 9.17) is 9.47 Å². The van der Waals surface area contributed by atoms with E-state index in [1.807, 2.05) is 49.4 Å². The molecule has 0 spiro atoms. The molecule has 0 unspecified atom stereocenters. The number of H-pyrrole nitrogens is 1. The minimum absolute atomic E-state index is 0.107. The van der Waals surface area contributed by atoms with Crippen LogP contribution in [0.3, 0.4) is 0 Å². The number of nitriles is 1. The van der Waals surface area contributed by atoms with Gasteiger partial charge in [-0.2, -0.15) is 5.26 Å². The maximum atomic E-state index is 9.56. The molecule has 2 aromatic carbocycles. The minimum Gasteiger partial charge on any atom is -0.493 e. The molecule has 132 valence electrons. The van der Waals surface area contributed by atoms with Crippen molar-refractivity contribution in [3.8, 4) is 17.6 Å². The van der Waals surface area contributed by atoms with Gasteiger partial charge in [-0.05, 0) is 49.2 Å². The monoisotopic (exact) mass is 347 g/mol. The number of methoxy groups -OCH3 is 1. The summed E-state index contributed by atoms with van der Waals surface area (Å²) in [5, 5.41) is 9.56. The first-order valence-electron chi connectivity index (χ1n) is 8.56. The average molecular weight is 347 g/mol. The highest BCUT2D eigenvalue weighted by Gasteiger charge is 2.11. The summed E-state index contributed by atoms with van der Waals surface area (Å²) in [4.78, 5) is 7.67. The Balaban J connectivity index is 1.95. The number of allylic oxidation sites excluding steroid dienone is 1. The van der Waals surface area contributed by atoms with E-state index >= 15 is 0 Å². The molecule has 0 aliphatic heterocycles. The average Bonchev–Trinajstić information content (AvgIpc) is 3.10. The molecule has 3 rings (SSSR count). The zero-order valence-corrected chi connectivity index (χ0v) is 15.1. The second-order valence-corrected chi connectivity index (χ2v) is 6.02. The molecule has 0 fully saturated rings. The van der Waals surface area contributed by atoms with Crippen molar-refractivity contribution in [2.24, 2.45) is 0 Å². The predicted molar refractivity (Wildman–Crippen MR) is 103 cm³/mol. The molecule has 5 heteroatoms. The van der Waals surface area contributed by atoms with Crippen LogP contribution in [0.1, 0.15) is 31.7 Å². The molecule has 0 amide bonds. The SMILES string of the molecule is CC[C@H](C)Oc1ccc(/C=C(/C#N)c2nc3ccccc3[nH]2)cc1OC. The summed E-state index contributed by atoms with van der Waals surface area (Å²) in [7, 11) is 1.61. The van der Waals surface area contributed by atoms with Crippen LogP contribution >= 0.6 is 0 Å². The summed E-state index contributed by atoms with van der Waals surface area (Å²) in [6.45, 7) is 4.09. The van der Waals surface area contributed by atoms with Crippen molar-refractivity contribution < 1.29 is 9.47 Å². The number of benzene rings is 2. The summed E-state index contributed by atoms with van der Waals surface area (Å²) in [5.74, 6) is 1.88. The molecule has 0 aliphatic rings. The van der Waals surface area contributed by atoms with Gasteiger partial charge in [-0.1, -0.05) is 25.1 Å². The highest BCUT2D eigenvalue weighted by molar-refractivity contribution is 5.90. The first-order chi connectivity index (χ1) is 12.6. The molecule has 0 bridgehead atoms. The van der Waals surface area contributed by atoms with Crippen LogP contribution < -0.4 is 9.47 Å². The van der Waals surface area contributed by atoms with Gasteiger partial charge in [0.1, 0.15) is 11.9 Å². The largest absolute Gasteiger partial charge is 0.493 e. The van der Waals surface area contributed by atoms with Gasteiger partial charge in [0, 0.05) is 0 Å². The van der Waals surface area contributed by atoms with Crippen molar-refractivity contribution in [1.82, 2.24) is 9.97 Å². The molecule has 0 saturated heterocycles. The van der Waals surface area contributed by atoms with Gasteiger partial charge >= 0.3 is 0 Å². The lowest BCUT2D eigenvalue weighted by atomic mass is 10.1. The molecular formula is C21H21N3O2. The van der Waals surface area contributed by atoms with Crippen LogP contribution in [0.4, 0.5) is 0 Å². The summed E-state index contributed by atoms with van der Waals surface area (Å²) >= 11 is 0. The van der Waals surface area contributed by atoms with Crippen LogP contribution in [0.5, 0.6) is 11.5 Å². The standard InChI is InChI=1S/C21H21N3O2/c1-4-14(2)26-19-10-9-15(12-20(19)25-3)11-16(13-22)21-23-17-7-5-6-8-18(17)24-21/h5-12,14H,4H2,1-3H3,(H,23,24)/b16-11-/t14-/m0/s1. The van der Waals surface area contributed by atoms with Crippen molar-refractivity contribution in [2.75, 3.05) is 7.11 Å². The predicted octanol–water partition coefficient (Wildman–Crippen LogP) is 4.81. The van der Waals surface area contributed by atoms with Gasteiger partial charge in [0.2, 0.25) is 0 Å². The third kappa shape index (κ3) is 3.70. The molecule has 0 saturated carbocycles. The lowest BCUT2D eigenvalue weighted by Crippen LogP contribution is -2.10. The summed E-state index contributed by atoms with van der Waals surface area (Å²) in [6, 6.07) is 15.5. The number of nitrogens with zero attached hydrogens (tertiary/aromatic N) is 2. The Morgan fingerprint density at radius 3 is 2.77 bits per heavy atom. The first-order valence-corrected chi connectivity index (χ1v) is 8.56. The second-order valence-electron chi connectivity index (χ2n) is 6.02. The third-order valence-electron chi connectivity index (χ3n) is 4.17. The van der Waals surface area contributed by atoms with Gasteiger partial charge in [0.05, 0.1) is 29.8 Å². The van der Waals surface area contributed by atoms with Crippen molar-refractivity contribution in [1.29, 1.82) is 5.26 Å². The van der Waals surface area contributed by atoms with Crippen molar-refractivity contribution in [2.45, 2.75) is 26.4 Å². The van der Waals surface area contributed by atoms with Crippen LogP contribution in [0.15, 0.2) is 42.5 Å². The number of fused-ring (bicyclic) bond motifs is 1. The van der Waals surface area contributed by atoms with Crippen molar-refractivity contribution in [3.05, 3.63) is 53.9 Å². The van der Waals surface area contributed by atoms with Gasteiger partial charge < -0.3 is 14.5 Å². The van der Waals surface area contributed by atoms with E-state index in [1.54, 1.807) is 13.2 Å². The summed E-state index contributed by atoms with van der Waals surface area (Å²) in [6.07, 6.45) is 2.80. The number of nitrogens with one attached hydrogen (secondary N) is 1. The number of aromatic nitrogens is 2. The molecule has 1 N–H and O–H groups in total. The molecule has 3 aromatic rings. The van der Waals surface area contributed by atoms with Crippen LogP contribution in [-0.2, 0) is 0 Å². The van der Waals surface area contributed by atoms with Crippen molar-refractivity contribution in [3.63, 3.8) is 0 Å². The van der Waals surface area contributed by atoms with E-state index < -0.39 is 0 Å². The second kappa shape index (κ2) is 7.75. The maximum Gasteiger partial charge on any atom is 0.161 e. The van der Waals surface area contributed by atoms with Crippen molar-refractivity contribution >= 4 is 22.7 Å². The van der Waals surface area contributed by atoms with E-state index in [9.17, 15) is 5.26 Å². The zero-order chi connectivity index (χ0) is 18.5. The molecular weight excluding hydrogens is 326 g/mol. The van der Waals surface area contributed by atoms with Gasteiger partial charge in [-0.15, -0.1) is 0 Å². The Kier molecular flexibility index (Phi) is 5.23. The van der Waals surface area contributed by atoms with E-state index in [0.717, 1.165) is 23.0 Å². The lowest BCUT2D eigenvalue weighted by molar-refractivity contribution is 0.207. The number of rotatable bonds is 6. The van der Waals surface area contributed by atoms with Crippen LogP contribution in [0, 0.1) is 11.3 Å². The Hall–Kier alpha value is -3.26. The number of imidazole rings is 1. The maximum absolute atomic E-state index is 9.56. The highest BCUT2D eigenvalue weighted by Crippen LogP contribution is 2.31. The fraction of sp³-hybridized carbons (Fsp3) is 0.238. The van der Waals surface area contributed by atoms with Crippen LogP contribution in [0.25, 0.3) is 22.7 Å². The zero-order valence-electron chi connectivity index (χ0n) is 15.1. The van der Waals surface area contributed by atoms with Crippen LogP contribution in [0.2, 0.25) is 0 Å². The Morgan fingerprint density at radius 2 is 2.08 bits per heavy atom. The Bertz CT molecular complexity index is 949. The molecule has 0 radical (unpaired) electrons. The summed E-state index contributed by atoms with van der Waals surface area (Å²) in [5.41, 5.74) is 3.03. The minimum atomic E-state index is 0.107. The number of hydrogen-bond donors (Lipinski definition) is 1. The Morgan fingerprint density at radius 1 is 1.27 bits per heavy atom. The fourth-order valence-corrected chi connectivity index (χ4v) is 2.57. The Labute approximate surface area is 152 Å². The number of hydrogen-bond acceptors (Lipinski definition) is 4. The van der Waals surface area contributed by atoms with Gasteiger partial charge in [0.25, 0.3) is 0 Å². The number of ether oxygens (including phenoxy) is 2. The third-order valence-corrected chi connectivity index (χ3v) is 4.17. The van der Waals surface area contributed by atoms with Gasteiger partial charge in [-0.25, -0.2) is 4.98 Å². The smallest absolute Gasteiger partial charge is 0.161 e. The number of aromatic amines is 1.